The third-order valence-corrected chi connectivity index (χ3v) is 2.78. The van der Waals surface area contributed by atoms with Crippen molar-refractivity contribution in [1.29, 1.82) is 0 Å². The van der Waals surface area contributed by atoms with E-state index in [1.54, 1.807) is 6.08 Å². The Kier molecular flexibility index (Phi) is 5.15. The molecular weight excluding hydrogens is 232 g/mol. The summed E-state index contributed by atoms with van der Waals surface area (Å²) in [6.07, 6.45) is 3.93. The second-order valence-electron chi connectivity index (χ2n) is 4.25. The van der Waals surface area contributed by atoms with Crippen molar-refractivity contribution in [2.75, 3.05) is 13.2 Å². The molecule has 0 N–H and O–H groups in total. The lowest BCUT2D eigenvalue weighted by atomic mass is 10.0. The van der Waals surface area contributed by atoms with E-state index in [9.17, 15) is 0 Å². The van der Waals surface area contributed by atoms with E-state index in [4.69, 9.17) is 4.74 Å². The maximum Gasteiger partial charge on any atom is 0.0727 e. The molecule has 19 heavy (non-hydrogen) atoms. The molecular formula is C18H18O. The van der Waals surface area contributed by atoms with Crippen LogP contribution in [0.5, 0.6) is 0 Å². The molecule has 0 aliphatic carbocycles. The maximum absolute atomic E-state index is 5.59. The highest BCUT2D eigenvalue weighted by atomic mass is 16.5. The van der Waals surface area contributed by atoms with Crippen molar-refractivity contribution in [2.24, 2.45) is 0 Å². The zero-order valence-corrected chi connectivity index (χ0v) is 11.0. The van der Waals surface area contributed by atoms with Crippen LogP contribution in [-0.2, 0) is 4.74 Å². The third-order valence-electron chi connectivity index (χ3n) is 2.78. The summed E-state index contributed by atoms with van der Waals surface area (Å²) < 4.78 is 5.59. The van der Waals surface area contributed by atoms with Gasteiger partial charge in [0.15, 0.2) is 0 Å². The summed E-state index contributed by atoms with van der Waals surface area (Å²) in [5, 5.41) is 0. The van der Waals surface area contributed by atoms with Crippen LogP contribution in [0.25, 0.3) is 11.6 Å². The molecule has 0 saturated heterocycles. The minimum absolute atomic E-state index is 0.568. The average Bonchev–Trinajstić information content (AvgIpc) is 2.48. The number of hydrogen-bond donors (Lipinski definition) is 0. The van der Waals surface area contributed by atoms with E-state index in [-0.39, 0.29) is 0 Å². The minimum atomic E-state index is 0.568. The summed E-state index contributed by atoms with van der Waals surface area (Å²) in [5.74, 6) is 0. The van der Waals surface area contributed by atoms with E-state index in [1.807, 2.05) is 36.4 Å². The minimum Gasteiger partial charge on any atom is -0.373 e. The lowest BCUT2D eigenvalue weighted by Gasteiger charge is -2.08. The lowest BCUT2D eigenvalue weighted by molar-refractivity contribution is 0.200. The SMILES string of the molecule is C=CCOCC(=Cc1ccccc1)c1ccccc1. The predicted molar refractivity (Wildman–Crippen MR) is 81.8 cm³/mol. The first-order chi connectivity index (χ1) is 9.40. The van der Waals surface area contributed by atoms with Crippen LogP contribution in [0.15, 0.2) is 73.3 Å². The molecule has 0 amide bonds. The van der Waals surface area contributed by atoms with Gasteiger partial charge >= 0.3 is 0 Å². The molecule has 0 saturated carbocycles. The molecule has 0 fully saturated rings. The van der Waals surface area contributed by atoms with Crippen LogP contribution >= 0.6 is 0 Å². The normalized spacial score (nSPS) is 11.3. The number of benzene rings is 2. The van der Waals surface area contributed by atoms with Crippen LogP contribution in [0.3, 0.4) is 0 Å². The van der Waals surface area contributed by atoms with Crippen molar-refractivity contribution < 1.29 is 4.74 Å². The van der Waals surface area contributed by atoms with Gasteiger partial charge in [0.1, 0.15) is 0 Å². The van der Waals surface area contributed by atoms with Crippen molar-refractivity contribution in [2.45, 2.75) is 0 Å². The molecule has 96 valence electrons. The summed E-state index contributed by atoms with van der Waals surface area (Å²) in [6.45, 7) is 4.83. The molecule has 0 radical (unpaired) electrons. The summed E-state index contributed by atoms with van der Waals surface area (Å²) >= 11 is 0. The van der Waals surface area contributed by atoms with E-state index in [0.29, 0.717) is 13.2 Å². The molecule has 0 aliphatic rings. The maximum atomic E-state index is 5.59. The van der Waals surface area contributed by atoms with Gasteiger partial charge in [-0.15, -0.1) is 6.58 Å². The van der Waals surface area contributed by atoms with Gasteiger partial charge in [-0.3, -0.25) is 0 Å². The first-order valence-corrected chi connectivity index (χ1v) is 6.40. The van der Waals surface area contributed by atoms with Gasteiger partial charge in [0, 0.05) is 0 Å². The van der Waals surface area contributed by atoms with Crippen LogP contribution < -0.4 is 0 Å². The Morgan fingerprint density at radius 3 is 2.21 bits per heavy atom. The van der Waals surface area contributed by atoms with Gasteiger partial charge in [0.25, 0.3) is 0 Å². The Morgan fingerprint density at radius 1 is 0.947 bits per heavy atom. The first kappa shape index (κ1) is 13.3. The van der Waals surface area contributed by atoms with Gasteiger partial charge in [-0.2, -0.15) is 0 Å². The monoisotopic (exact) mass is 250 g/mol. The average molecular weight is 250 g/mol. The number of hydrogen-bond acceptors (Lipinski definition) is 1. The summed E-state index contributed by atoms with van der Waals surface area (Å²) in [6, 6.07) is 20.6. The van der Waals surface area contributed by atoms with Gasteiger partial charge in [-0.1, -0.05) is 66.7 Å². The molecule has 0 aromatic heterocycles. The van der Waals surface area contributed by atoms with E-state index in [0.717, 1.165) is 0 Å². The largest absolute Gasteiger partial charge is 0.373 e. The Bertz CT molecular complexity index is 526. The predicted octanol–water partition coefficient (Wildman–Crippen LogP) is 4.43. The fourth-order valence-electron chi connectivity index (χ4n) is 1.86. The molecule has 2 aromatic rings. The van der Waals surface area contributed by atoms with Gasteiger partial charge in [-0.05, 0) is 22.8 Å². The Hall–Kier alpha value is -2.12. The summed E-state index contributed by atoms with van der Waals surface area (Å²) in [4.78, 5) is 0. The van der Waals surface area contributed by atoms with E-state index < -0.39 is 0 Å². The van der Waals surface area contributed by atoms with Gasteiger partial charge < -0.3 is 4.74 Å². The number of rotatable bonds is 6. The van der Waals surface area contributed by atoms with Crippen LogP contribution in [0.2, 0.25) is 0 Å². The summed E-state index contributed by atoms with van der Waals surface area (Å²) in [5.41, 5.74) is 3.55. The van der Waals surface area contributed by atoms with Crippen LogP contribution in [-0.4, -0.2) is 13.2 Å². The molecule has 0 bridgehead atoms. The highest BCUT2D eigenvalue weighted by Gasteiger charge is 2.01. The molecule has 0 unspecified atom stereocenters. The first-order valence-electron chi connectivity index (χ1n) is 6.40. The van der Waals surface area contributed by atoms with Crippen molar-refractivity contribution in [3.05, 3.63) is 84.4 Å². The van der Waals surface area contributed by atoms with Crippen molar-refractivity contribution >= 4 is 11.6 Å². The van der Waals surface area contributed by atoms with E-state index in [2.05, 4.69) is 36.9 Å². The highest BCUT2D eigenvalue weighted by Crippen LogP contribution is 2.18. The highest BCUT2D eigenvalue weighted by molar-refractivity contribution is 5.82. The Labute approximate surface area is 114 Å². The van der Waals surface area contributed by atoms with Crippen LogP contribution in [0.4, 0.5) is 0 Å². The van der Waals surface area contributed by atoms with Crippen molar-refractivity contribution in [3.63, 3.8) is 0 Å². The molecule has 2 rings (SSSR count). The topological polar surface area (TPSA) is 9.23 Å². The van der Waals surface area contributed by atoms with Gasteiger partial charge in [0.05, 0.1) is 13.2 Å². The molecule has 0 spiro atoms. The van der Waals surface area contributed by atoms with E-state index in [1.165, 1.54) is 16.7 Å². The molecule has 0 heterocycles. The molecule has 0 aliphatic heterocycles. The van der Waals surface area contributed by atoms with Gasteiger partial charge in [0.2, 0.25) is 0 Å². The number of ether oxygens (including phenoxy) is 1. The quantitative estimate of drug-likeness (QED) is 0.418. The Balaban J connectivity index is 2.24. The van der Waals surface area contributed by atoms with Crippen molar-refractivity contribution in [3.8, 4) is 0 Å². The van der Waals surface area contributed by atoms with Gasteiger partial charge in [-0.25, -0.2) is 0 Å². The molecule has 2 aromatic carbocycles. The third kappa shape index (κ3) is 4.23. The fourth-order valence-corrected chi connectivity index (χ4v) is 1.86. The second kappa shape index (κ2) is 7.34. The lowest BCUT2D eigenvalue weighted by Crippen LogP contribution is -1.98. The molecule has 1 nitrogen and oxygen atoms in total. The molecule has 0 atom stereocenters. The smallest absolute Gasteiger partial charge is 0.0727 e. The van der Waals surface area contributed by atoms with Crippen LogP contribution in [0, 0.1) is 0 Å². The van der Waals surface area contributed by atoms with Crippen LogP contribution in [0.1, 0.15) is 11.1 Å². The zero-order valence-electron chi connectivity index (χ0n) is 11.0. The molecule has 1 heteroatoms. The summed E-state index contributed by atoms with van der Waals surface area (Å²) in [7, 11) is 0. The van der Waals surface area contributed by atoms with E-state index >= 15 is 0 Å². The standard InChI is InChI=1S/C18H18O/c1-2-13-19-15-18(17-11-7-4-8-12-17)14-16-9-5-3-6-10-16/h2-12,14H,1,13,15H2. The Morgan fingerprint density at radius 2 is 1.58 bits per heavy atom. The second-order valence-corrected chi connectivity index (χ2v) is 4.25. The zero-order chi connectivity index (χ0) is 13.3. The van der Waals surface area contributed by atoms with Crippen molar-refractivity contribution in [1.82, 2.24) is 0 Å². The fraction of sp³-hybridized carbons (Fsp3) is 0.111.